The zero-order valence-corrected chi connectivity index (χ0v) is 14.1. The van der Waals surface area contributed by atoms with Crippen LogP contribution in [0.2, 0.25) is 5.15 Å². The number of carbonyl (C=O) groups is 2. The van der Waals surface area contributed by atoms with Gasteiger partial charge in [-0.15, -0.1) is 11.3 Å². The minimum atomic E-state index is -0.510. The number of aromatic nitrogens is 1. The second kappa shape index (κ2) is 6.29. The number of fused-ring (bicyclic) bond motifs is 1. The van der Waals surface area contributed by atoms with Crippen molar-refractivity contribution < 1.29 is 9.59 Å². The van der Waals surface area contributed by atoms with Crippen molar-refractivity contribution in [1.29, 1.82) is 0 Å². The third-order valence-corrected chi connectivity index (χ3v) is 5.46. The summed E-state index contributed by atoms with van der Waals surface area (Å²) in [4.78, 5) is 29.3. The van der Waals surface area contributed by atoms with Crippen LogP contribution in [-0.4, -0.2) is 16.8 Å². The first-order chi connectivity index (χ1) is 11.0. The molecule has 3 rings (SSSR count). The van der Waals surface area contributed by atoms with Crippen molar-refractivity contribution in [3.05, 3.63) is 45.1 Å². The number of nitrogens with two attached hydrogens (primary N) is 1. The highest BCUT2D eigenvalue weighted by Gasteiger charge is 2.27. The van der Waals surface area contributed by atoms with Crippen LogP contribution in [0, 0.1) is 5.92 Å². The third-order valence-electron chi connectivity index (χ3n) is 3.99. The largest absolute Gasteiger partial charge is 0.365 e. The molecule has 23 heavy (non-hydrogen) atoms. The molecule has 0 saturated carbocycles. The van der Waals surface area contributed by atoms with E-state index in [1.54, 1.807) is 12.1 Å². The average molecular weight is 350 g/mol. The number of thiophene rings is 1. The zero-order chi connectivity index (χ0) is 16.6. The summed E-state index contributed by atoms with van der Waals surface area (Å²) >= 11 is 7.37. The Labute approximate surface area is 142 Å². The number of hydrogen-bond donors (Lipinski definition) is 2. The van der Waals surface area contributed by atoms with Crippen LogP contribution in [0.3, 0.4) is 0 Å². The van der Waals surface area contributed by atoms with Crippen molar-refractivity contribution in [3.63, 3.8) is 0 Å². The van der Waals surface area contributed by atoms with Crippen LogP contribution < -0.4 is 11.1 Å². The second-order valence-corrected chi connectivity index (χ2v) is 7.18. The molecule has 0 bridgehead atoms. The van der Waals surface area contributed by atoms with Gasteiger partial charge < -0.3 is 11.1 Å². The maximum Gasteiger partial charge on any atom is 0.259 e. The summed E-state index contributed by atoms with van der Waals surface area (Å²) in [6.07, 6.45) is 4.25. The van der Waals surface area contributed by atoms with E-state index in [1.165, 1.54) is 17.5 Å². The van der Waals surface area contributed by atoms with Crippen LogP contribution in [0.4, 0.5) is 5.00 Å². The number of nitrogens with zero attached hydrogens (tertiary/aromatic N) is 1. The number of anilines is 1. The van der Waals surface area contributed by atoms with E-state index in [0.29, 0.717) is 16.5 Å². The van der Waals surface area contributed by atoms with E-state index in [-0.39, 0.29) is 10.7 Å². The van der Waals surface area contributed by atoms with Gasteiger partial charge in [-0.25, -0.2) is 4.98 Å². The third kappa shape index (κ3) is 3.09. The molecule has 5 nitrogen and oxygen atoms in total. The van der Waals surface area contributed by atoms with Gasteiger partial charge in [-0.3, -0.25) is 9.59 Å². The van der Waals surface area contributed by atoms with E-state index in [4.69, 9.17) is 17.3 Å². The fourth-order valence-electron chi connectivity index (χ4n) is 2.83. The molecule has 1 unspecified atom stereocenters. The fourth-order valence-corrected chi connectivity index (χ4v) is 4.44. The van der Waals surface area contributed by atoms with E-state index in [1.807, 2.05) is 0 Å². The highest BCUT2D eigenvalue weighted by atomic mass is 35.5. The maximum atomic E-state index is 12.4. The molecule has 0 aromatic carbocycles. The molecule has 0 spiro atoms. The number of pyridine rings is 1. The van der Waals surface area contributed by atoms with E-state index in [9.17, 15) is 9.59 Å². The average Bonchev–Trinajstić information content (AvgIpc) is 2.84. The lowest BCUT2D eigenvalue weighted by Gasteiger charge is -2.18. The summed E-state index contributed by atoms with van der Waals surface area (Å²) in [5.41, 5.74) is 7.22. The summed E-state index contributed by atoms with van der Waals surface area (Å²) in [6, 6.07) is 3.22. The summed E-state index contributed by atoms with van der Waals surface area (Å²) in [5, 5.41) is 3.40. The molecule has 2 amide bonds. The monoisotopic (exact) mass is 349 g/mol. The minimum Gasteiger partial charge on any atom is -0.365 e. The number of carbonyl (C=O) groups excluding carboxylic acids is 2. The van der Waals surface area contributed by atoms with Crippen LogP contribution in [0.15, 0.2) is 18.3 Å². The van der Waals surface area contributed by atoms with Crippen LogP contribution in [-0.2, 0) is 12.8 Å². The molecule has 3 N–H and O–H groups in total. The van der Waals surface area contributed by atoms with Crippen molar-refractivity contribution >= 4 is 39.8 Å². The van der Waals surface area contributed by atoms with Crippen molar-refractivity contribution in [1.82, 2.24) is 4.98 Å². The normalized spacial score (nSPS) is 16.7. The first-order valence-electron chi connectivity index (χ1n) is 7.33. The van der Waals surface area contributed by atoms with Crippen LogP contribution >= 0.6 is 22.9 Å². The molecule has 0 saturated heterocycles. The van der Waals surface area contributed by atoms with Crippen LogP contribution in [0.5, 0.6) is 0 Å². The molecule has 1 aliphatic rings. The smallest absolute Gasteiger partial charge is 0.259 e. The van der Waals surface area contributed by atoms with Gasteiger partial charge >= 0.3 is 0 Å². The van der Waals surface area contributed by atoms with Crippen molar-refractivity contribution in [2.75, 3.05) is 5.32 Å². The van der Waals surface area contributed by atoms with Gasteiger partial charge in [-0.1, -0.05) is 18.5 Å². The Bertz CT molecular complexity index is 788. The Morgan fingerprint density at radius 2 is 2.26 bits per heavy atom. The lowest BCUT2D eigenvalue weighted by molar-refractivity contribution is 0.1000. The van der Waals surface area contributed by atoms with Crippen LogP contribution in [0.1, 0.15) is 44.5 Å². The molecule has 1 atom stereocenters. The highest BCUT2D eigenvalue weighted by Crippen LogP contribution is 2.39. The Hall–Kier alpha value is -1.92. The number of amides is 2. The fraction of sp³-hybridized carbons (Fsp3) is 0.312. The van der Waals surface area contributed by atoms with Gasteiger partial charge in [0.1, 0.15) is 10.2 Å². The zero-order valence-electron chi connectivity index (χ0n) is 12.6. The standard InChI is InChI=1S/C16H16ClN3O2S/c1-8-4-5-9-11(7-8)23-16(12(9)14(18)21)20-15(22)10-3-2-6-19-13(10)17/h2-3,6,8H,4-5,7H2,1H3,(H2,18,21)(H,20,22). The Balaban J connectivity index is 1.96. The molecule has 120 valence electrons. The highest BCUT2D eigenvalue weighted by molar-refractivity contribution is 7.17. The molecular formula is C16H16ClN3O2S. The van der Waals surface area contributed by atoms with Crippen molar-refractivity contribution in [3.8, 4) is 0 Å². The van der Waals surface area contributed by atoms with Gasteiger partial charge in [0.2, 0.25) is 0 Å². The van der Waals surface area contributed by atoms with Crippen LogP contribution in [0.25, 0.3) is 0 Å². The van der Waals surface area contributed by atoms with Gasteiger partial charge in [0.25, 0.3) is 11.8 Å². The molecule has 0 fully saturated rings. The molecular weight excluding hydrogens is 334 g/mol. The molecule has 2 aromatic heterocycles. The first kappa shape index (κ1) is 16.0. The Morgan fingerprint density at radius 3 is 2.96 bits per heavy atom. The van der Waals surface area contributed by atoms with Gasteiger partial charge in [-0.2, -0.15) is 0 Å². The van der Waals surface area contributed by atoms with Gasteiger partial charge in [-0.05, 0) is 42.9 Å². The number of nitrogens with one attached hydrogen (secondary N) is 1. The number of rotatable bonds is 3. The van der Waals surface area contributed by atoms with E-state index < -0.39 is 11.8 Å². The van der Waals surface area contributed by atoms with Crippen molar-refractivity contribution in [2.45, 2.75) is 26.2 Å². The molecule has 0 aliphatic heterocycles. The van der Waals surface area contributed by atoms with E-state index >= 15 is 0 Å². The lowest BCUT2D eigenvalue weighted by atomic mass is 9.88. The topological polar surface area (TPSA) is 85.1 Å². The molecule has 7 heteroatoms. The molecule has 2 heterocycles. The summed E-state index contributed by atoms with van der Waals surface area (Å²) in [5.74, 6) is -0.333. The predicted octanol–water partition coefficient (Wildman–Crippen LogP) is 3.27. The SMILES string of the molecule is CC1CCc2c(sc(NC(=O)c3cccnc3Cl)c2C(N)=O)C1. The molecule has 0 radical (unpaired) electrons. The maximum absolute atomic E-state index is 12.4. The molecule has 2 aromatic rings. The second-order valence-electron chi connectivity index (χ2n) is 5.72. The Morgan fingerprint density at radius 1 is 1.48 bits per heavy atom. The van der Waals surface area contributed by atoms with Gasteiger partial charge in [0.05, 0.1) is 11.1 Å². The summed E-state index contributed by atoms with van der Waals surface area (Å²) < 4.78 is 0. The number of hydrogen-bond acceptors (Lipinski definition) is 4. The Kier molecular flexibility index (Phi) is 4.37. The summed E-state index contributed by atoms with van der Waals surface area (Å²) in [7, 11) is 0. The number of halogens is 1. The summed E-state index contributed by atoms with van der Waals surface area (Å²) in [6.45, 7) is 2.18. The van der Waals surface area contributed by atoms with E-state index in [0.717, 1.165) is 29.7 Å². The molecule has 1 aliphatic carbocycles. The quantitative estimate of drug-likeness (QED) is 0.834. The van der Waals surface area contributed by atoms with Gasteiger partial charge in [0.15, 0.2) is 0 Å². The van der Waals surface area contributed by atoms with Gasteiger partial charge in [0, 0.05) is 11.1 Å². The lowest BCUT2D eigenvalue weighted by Crippen LogP contribution is -2.19. The van der Waals surface area contributed by atoms with E-state index in [2.05, 4.69) is 17.2 Å². The predicted molar refractivity (Wildman–Crippen MR) is 91.2 cm³/mol. The number of primary amides is 1. The first-order valence-corrected chi connectivity index (χ1v) is 8.53. The van der Waals surface area contributed by atoms with Crippen molar-refractivity contribution in [2.24, 2.45) is 11.7 Å². The minimum absolute atomic E-state index is 0.126.